The van der Waals surface area contributed by atoms with Crippen LogP contribution in [-0.2, 0) is 19.6 Å². The van der Waals surface area contributed by atoms with Crippen LogP contribution in [-0.4, -0.2) is 72.8 Å². The van der Waals surface area contributed by atoms with Crippen LogP contribution in [0.3, 0.4) is 0 Å². The molecule has 1 heterocycles. The number of benzene rings is 1. The number of hydrogen-bond donors (Lipinski definition) is 2. The van der Waals surface area contributed by atoms with Crippen molar-refractivity contribution in [2.45, 2.75) is 81.1 Å². The standard InChI is InChI=1S/C27H39N3O7S2/c1-17(2)24-20(14-13-18(31)15-19(32)16-23(33)37-27(3,4)5)25(29-26(28-24)30(6)39(8,34)35)38-22-12-10-9-11-21(22)36-7/h9-14,17-19,31-32H,15-16H2,1-8H3/b14-13+/t18-,19-/m1/s1. The van der Waals surface area contributed by atoms with Gasteiger partial charge in [-0.1, -0.05) is 49.9 Å². The Kier molecular flexibility index (Phi) is 11.3. The molecule has 0 bridgehead atoms. The van der Waals surface area contributed by atoms with E-state index in [2.05, 4.69) is 9.97 Å². The topological polar surface area (TPSA) is 139 Å². The average Bonchev–Trinajstić information content (AvgIpc) is 2.80. The number of carbonyl (C=O) groups is 1. The Morgan fingerprint density at radius 1 is 1.18 bits per heavy atom. The van der Waals surface area contributed by atoms with Crippen LogP contribution in [0.1, 0.15) is 64.6 Å². The number of aliphatic hydroxyl groups is 2. The van der Waals surface area contributed by atoms with Crippen molar-refractivity contribution in [2.75, 3.05) is 24.7 Å². The molecule has 2 aromatic rings. The number of anilines is 1. The Labute approximate surface area is 235 Å². The summed E-state index contributed by atoms with van der Waals surface area (Å²) in [7, 11) is -0.680. The van der Waals surface area contributed by atoms with E-state index >= 15 is 0 Å². The molecule has 0 aliphatic heterocycles. The van der Waals surface area contributed by atoms with Crippen molar-refractivity contribution < 1.29 is 32.9 Å². The third-order valence-electron chi connectivity index (χ3n) is 5.35. The van der Waals surface area contributed by atoms with Gasteiger partial charge < -0.3 is 19.7 Å². The van der Waals surface area contributed by atoms with Crippen LogP contribution in [0, 0.1) is 0 Å². The van der Waals surface area contributed by atoms with Crippen LogP contribution in [0.2, 0.25) is 0 Å². The largest absolute Gasteiger partial charge is 0.496 e. The van der Waals surface area contributed by atoms with Crippen LogP contribution in [0.25, 0.3) is 6.08 Å². The van der Waals surface area contributed by atoms with E-state index in [1.165, 1.54) is 24.9 Å². The molecule has 216 valence electrons. The van der Waals surface area contributed by atoms with E-state index in [9.17, 15) is 23.4 Å². The molecule has 1 aromatic carbocycles. The van der Waals surface area contributed by atoms with Crippen LogP contribution < -0.4 is 9.04 Å². The number of aromatic nitrogens is 2. The molecule has 0 aliphatic carbocycles. The third-order valence-corrected chi connectivity index (χ3v) is 7.57. The zero-order valence-electron chi connectivity index (χ0n) is 23.7. The Balaban J connectivity index is 2.46. The van der Waals surface area contributed by atoms with Gasteiger partial charge in [0.15, 0.2) is 0 Å². The van der Waals surface area contributed by atoms with Gasteiger partial charge in [-0.25, -0.2) is 22.7 Å². The quantitative estimate of drug-likeness (QED) is 0.279. The molecule has 0 unspecified atom stereocenters. The van der Waals surface area contributed by atoms with Gasteiger partial charge in [-0.15, -0.1) is 0 Å². The van der Waals surface area contributed by atoms with E-state index in [0.717, 1.165) is 15.5 Å². The van der Waals surface area contributed by atoms with E-state index in [0.29, 0.717) is 22.0 Å². The summed E-state index contributed by atoms with van der Waals surface area (Å²) in [6, 6.07) is 7.35. The van der Waals surface area contributed by atoms with Gasteiger partial charge in [-0.05, 0) is 38.8 Å². The molecule has 2 atom stereocenters. The maximum Gasteiger partial charge on any atom is 0.308 e. The molecule has 39 heavy (non-hydrogen) atoms. The second kappa shape index (κ2) is 13.6. The third kappa shape index (κ3) is 10.1. The second-order valence-corrected chi connectivity index (χ2v) is 13.4. The molecule has 0 amide bonds. The first-order valence-electron chi connectivity index (χ1n) is 12.4. The van der Waals surface area contributed by atoms with Crippen LogP contribution in [0.5, 0.6) is 5.75 Å². The fourth-order valence-electron chi connectivity index (χ4n) is 3.45. The lowest BCUT2D eigenvalue weighted by atomic mass is 10.0. The van der Waals surface area contributed by atoms with Crippen molar-refractivity contribution in [3.8, 4) is 5.75 Å². The lowest BCUT2D eigenvalue weighted by Crippen LogP contribution is -2.28. The number of esters is 1. The van der Waals surface area contributed by atoms with Gasteiger partial charge in [0.1, 0.15) is 16.4 Å². The van der Waals surface area contributed by atoms with Crippen molar-refractivity contribution in [3.05, 3.63) is 41.6 Å². The van der Waals surface area contributed by atoms with E-state index in [4.69, 9.17) is 9.47 Å². The number of rotatable bonds is 12. The molecule has 2 N–H and O–H groups in total. The molecule has 0 saturated carbocycles. The first-order chi connectivity index (χ1) is 18.0. The zero-order valence-corrected chi connectivity index (χ0v) is 25.3. The molecule has 1 aromatic heterocycles. The maximum absolute atomic E-state index is 12.3. The van der Waals surface area contributed by atoms with Gasteiger partial charge in [0.25, 0.3) is 0 Å². The van der Waals surface area contributed by atoms with Crippen molar-refractivity contribution in [3.63, 3.8) is 0 Å². The number of nitrogens with zero attached hydrogens (tertiary/aromatic N) is 3. The number of carbonyl (C=O) groups excluding carboxylic acids is 1. The smallest absolute Gasteiger partial charge is 0.308 e. The summed E-state index contributed by atoms with van der Waals surface area (Å²) in [4.78, 5) is 21.9. The van der Waals surface area contributed by atoms with Crippen molar-refractivity contribution in [1.82, 2.24) is 9.97 Å². The average molecular weight is 582 g/mol. The van der Waals surface area contributed by atoms with Crippen molar-refractivity contribution >= 4 is 39.8 Å². The Morgan fingerprint density at radius 2 is 1.82 bits per heavy atom. The van der Waals surface area contributed by atoms with E-state index in [-0.39, 0.29) is 24.7 Å². The Hall–Kier alpha value is -2.67. The number of sulfonamides is 1. The molecule has 10 nitrogen and oxygen atoms in total. The highest BCUT2D eigenvalue weighted by atomic mass is 32.2. The van der Waals surface area contributed by atoms with Crippen molar-refractivity contribution in [1.29, 1.82) is 0 Å². The highest BCUT2D eigenvalue weighted by Gasteiger charge is 2.24. The predicted octanol–water partition coefficient (Wildman–Crippen LogP) is 4.01. The number of ether oxygens (including phenoxy) is 2. The molecule has 0 radical (unpaired) electrons. The minimum absolute atomic E-state index is 0.0177. The SMILES string of the molecule is COc1ccccc1Sc1nc(N(C)S(C)(=O)=O)nc(C(C)C)c1/C=C/[C@@H](O)C[C@@H](O)CC(=O)OC(C)(C)C. The first-order valence-corrected chi connectivity index (χ1v) is 15.1. The predicted molar refractivity (Wildman–Crippen MR) is 153 cm³/mol. The van der Waals surface area contributed by atoms with Crippen LogP contribution >= 0.6 is 11.8 Å². The molecule has 0 saturated heterocycles. The van der Waals surface area contributed by atoms with Gasteiger partial charge in [0.05, 0.1) is 42.6 Å². The summed E-state index contributed by atoms with van der Waals surface area (Å²) in [6.45, 7) is 9.05. The zero-order chi connectivity index (χ0) is 29.5. The number of para-hydroxylation sites is 1. The minimum Gasteiger partial charge on any atom is -0.496 e. The summed E-state index contributed by atoms with van der Waals surface area (Å²) < 4.78 is 36.2. The van der Waals surface area contributed by atoms with E-state index in [1.807, 2.05) is 38.1 Å². The normalized spacial score (nSPS) is 13.9. The van der Waals surface area contributed by atoms with Gasteiger partial charge in [0.2, 0.25) is 16.0 Å². The highest BCUT2D eigenvalue weighted by Crippen LogP contribution is 2.38. The van der Waals surface area contributed by atoms with Crippen LogP contribution in [0.15, 0.2) is 40.3 Å². The minimum atomic E-state index is -3.62. The van der Waals surface area contributed by atoms with Crippen molar-refractivity contribution in [2.24, 2.45) is 0 Å². The lowest BCUT2D eigenvalue weighted by Gasteiger charge is -2.21. The summed E-state index contributed by atoms with van der Waals surface area (Å²) in [5.41, 5.74) is 0.493. The van der Waals surface area contributed by atoms with E-state index in [1.54, 1.807) is 34.0 Å². The number of hydrogen-bond acceptors (Lipinski definition) is 10. The molecular weight excluding hydrogens is 542 g/mol. The highest BCUT2D eigenvalue weighted by molar-refractivity contribution is 7.99. The molecule has 12 heteroatoms. The lowest BCUT2D eigenvalue weighted by molar-refractivity contribution is -0.157. The first kappa shape index (κ1) is 32.5. The number of methoxy groups -OCH3 is 1. The molecular formula is C27H39N3O7S2. The van der Waals surface area contributed by atoms with Gasteiger partial charge in [-0.2, -0.15) is 0 Å². The van der Waals surface area contributed by atoms with Gasteiger partial charge in [-0.3, -0.25) is 4.79 Å². The Bertz CT molecular complexity index is 1270. The molecule has 2 rings (SSSR count). The monoisotopic (exact) mass is 581 g/mol. The fraction of sp³-hybridized carbons (Fsp3) is 0.519. The van der Waals surface area contributed by atoms with E-state index < -0.39 is 33.8 Å². The number of aliphatic hydroxyl groups excluding tert-OH is 2. The Morgan fingerprint density at radius 3 is 2.38 bits per heavy atom. The summed E-state index contributed by atoms with van der Waals surface area (Å²) >= 11 is 1.28. The fourth-order valence-corrected chi connectivity index (χ4v) is 4.84. The van der Waals surface area contributed by atoms with Crippen LogP contribution in [0.4, 0.5) is 5.95 Å². The molecule has 0 spiro atoms. The van der Waals surface area contributed by atoms with Gasteiger partial charge in [0, 0.05) is 19.0 Å². The summed E-state index contributed by atoms with van der Waals surface area (Å²) in [5.74, 6) is -0.0384. The summed E-state index contributed by atoms with van der Waals surface area (Å²) in [5, 5.41) is 21.4. The molecule has 0 fully saturated rings. The second-order valence-electron chi connectivity index (χ2n) is 10.4. The molecule has 0 aliphatic rings. The maximum atomic E-state index is 12.3. The summed E-state index contributed by atoms with van der Waals surface area (Å²) in [6.07, 6.45) is 1.71. The van der Waals surface area contributed by atoms with Gasteiger partial charge >= 0.3 is 5.97 Å².